The van der Waals surface area contributed by atoms with Crippen molar-refractivity contribution in [2.45, 2.75) is 38.1 Å². The van der Waals surface area contributed by atoms with Gasteiger partial charge >= 0.3 is 16.3 Å². The van der Waals surface area contributed by atoms with E-state index in [0.29, 0.717) is 19.2 Å². The first-order chi connectivity index (χ1) is 17.4. The van der Waals surface area contributed by atoms with Gasteiger partial charge in [0.2, 0.25) is 5.91 Å². The molecule has 0 bridgehead atoms. The van der Waals surface area contributed by atoms with Crippen LogP contribution in [0.25, 0.3) is 0 Å². The number of ether oxygens (including phenoxy) is 1. The summed E-state index contributed by atoms with van der Waals surface area (Å²) in [7, 11) is -4.48. The van der Waals surface area contributed by atoms with Crippen molar-refractivity contribution in [2.75, 3.05) is 13.2 Å². The van der Waals surface area contributed by atoms with Gasteiger partial charge in [0.05, 0.1) is 12.2 Å². The summed E-state index contributed by atoms with van der Waals surface area (Å²) in [6.45, 7) is 4.97. The number of hydrogen-bond donors (Lipinski definition) is 0. The molecule has 0 spiro atoms. The Kier molecular flexibility index (Phi) is 9.34. The zero-order chi connectivity index (χ0) is 27.1. The average Bonchev–Trinajstić information content (AvgIpc) is 2.84. The second-order valence-corrected chi connectivity index (χ2v) is 10.4. The lowest BCUT2D eigenvalue weighted by Crippen LogP contribution is -2.36. The second-order valence-electron chi connectivity index (χ2n) is 8.85. The molecule has 0 aliphatic rings. The fourth-order valence-corrected chi connectivity index (χ4v) is 4.47. The molecule has 0 radical (unpaired) electrons. The number of rotatable bonds is 11. The molecular formula is C27H28F3NO5S. The van der Waals surface area contributed by atoms with E-state index < -0.39 is 26.8 Å². The van der Waals surface area contributed by atoms with Crippen LogP contribution in [0.1, 0.15) is 30.5 Å². The lowest BCUT2D eigenvalue weighted by Gasteiger charge is -2.25. The number of hydrogen-bond acceptors (Lipinski definition) is 5. The average molecular weight is 536 g/mol. The number of carbonyl (C=O) groups excluding carboxylic acids is 1. The van der Waals surface area contributed by atoms with E-state index in [9.17, 15) is 26.4 Å². The van der Waals surface area contributed by atoms with Gasteiger partial charge in [-0.05, 0) is 47.4 Å². The second kappa shape index (κ2) is 12.2. The summed E-state index contributed by atoms with van der Waals surface area (Å²) in [6, 6.07) is 18.8. The highest BCUT2D eigenvalue weighted by molar-refractivity contribution is 7.87. The Balaban J connectivity index is 1.64. The third-order valence-electron chi connectivity index (χ3n) is 5.23. The zero-order valence-corrected chi connectivity index (χ0v) is 21.3. The first kappa shape index (κ1) is 28.2. The number of nitrogens with zero attached hydrogens (tertiary/aromatic N) is 1. The summed E-state index contributed by atoms with van der Waals surface area (Å²) in [5.74, 6) is -0.0375. The largest absolute Gasteiger partial charge is 0.416 e. The van der Waals surface area contributed by atoms with Crippen molar-refractivity contribution >= 4 is 16.0 Å². The molecule has 0 aliphatic carbocycles. The molecule has 0 unspecified atom stereocenters. The minimum absolute atomic E-state index is 0.0610. The van der Waals surface area contributed by atoms with Crippen LogP contribution in [-0.4, -0.2) is 32.4 Å². The molecular weight excluding hydrogens is 507 g/mol. The lowest BCUT2D eigenvalue weighted by atomic mass is 10.1. The van der Waals surface area contributed by atoms with Crippen LogP contribution in [0, 0.1) is 5.92 Å². The minimum Gasteiger partial charge on any atom is -0.379 e. The normalized spacial score (nSPS) is 11.9. The summed E-state index contributed by atoms with van der Waals surface area (Å²) in [6.07, 6.45) is -4.68. The molecule has 0 fully saturated rings. The number of halogens is 3. The van der Waals surface area contributed by atoms with Crippen LogP contribution in [0.3, 0.4) is 0 Å². The summed E-state index contributed by atoms with van der Waals surface area (Å²) >= 11 is 0. The van der Waals surface area contributed by atoms with Crippen LogP contribution in [-0.2, 0) is 39.0 Å². The van der Waals surface area contributed by atoms with Crippen molar-refractivity contribution in [1.82, 2.24) is 4.90 Å². The highest BCUT2D eigenvalue weighted by atomic mass is 32.2. The van der Waals surface area contributed by atoms with E-state index in [1.165, 1.54) is 12.1 Å². The standard InChI is InChI=1S/C27H28F3NO5S/c1-20(2)16-31(26(32)19-35-18-22-7-4-3-5-8-22)17-21-11-13-24(14-12-21)36-37(33,34)25-10-6-9-23(15-25)27(28,29)30/h3-15,20H,16-19H2,1-2H3. The Hall–Kier alpha value is -3.37. The number of benzene rings is 3. The van der Waals surface area contributed by atoms with Gasteiger partial charge in [0.15, 0.2) is 0 Å². The summed E-state index contributed by atoms with van der Waals surface area (Å²) in [4.78, 5) is 13.9. The summed E-state index contributed by atoms with van der Waals surface area (Å²) in [5, 5.41) is 0. The molecule has 10 heteroatoms. The fourth-order valence-electron chi connectivity index (χ4n) is 3.49. The molecule has 0 aromatic heterocycles. The number of amides is 1. The molecule has 0 saturated carbocycles. The van der Waals surface area contributed by atoms with Crippen molar-refractivity contribution in [1.29, 1.82) is 0 Å². The van der Waals surface area contributed by atoms with Gasteiger partial charge in [0, 0.05) is 13.1 Å². The maximum atomic E-state index is 12.9. The molecule has 6 nitrogen and oxygen atoms in total. The predicted octanol–water partition coefficient (Wildman–Crippen LogP) is 5.67. The highest BCUT2D eigenvalue weighted by Crippen LogP contribution is 2.31. The molecule has 0 N–H and O–H groups in total. The third kappa shape index (κ3) is 8.61. The van der Waals surface area contributed by atoms with Crippen molar-refractivity contribution < 1.29 is 35.3 Å². The van der Waals surface area contributed by atoms with Gasteiger partial charge in [-0.2, -0.15) is 21.6 Å². The SMILES string of the molecule is CC(C)CN(Cc1ccc(OS(=O)(=O)c2cccc(C(F)(F)F)c2)cc1)C(=O)COCc1ccccc1. The van der Waals surface area contributed by atoms with Crippen LogP contribution in [0.5, 0.6) is 5.75 Å². The molecule has 3 aromatic rings. The van der Waals surface area contributed by atoms with Crippen molar-refractivity contribution in [3.8, 4) is 5.75 Å². The van der Waals surface area contributed by atoms with Gasteiger partial charge < -0.3 is 13.8 Å². The van der Waals surface area contributed by atoms with Crippen LogP contribution in [0.15, 0.2) is 83.8 Å². The maximum absolute atomic E-state index is 12.9. The van der Waals surface area contributed by atoms with Gasteiger partial charge in [-0.3, -0.25) is 4.79 Å². The van der Waals surface area contributed by atoms with E-state index in [0.717, 1.165) is 29.3 Å². The first-order valence-corrected chi connectivity index (χ1v) is 12.9. The summed E-state index contributed by atoms with van der Waals surface area (Å²) in [5.41, 5.74) is 0.595. The Morgan fingerprint density at radius 3 is 2.22 bits per heavy atom. The smallest absolute Gasteiger partial charge is 0.379 e. The quantitative estimate of drug-likeness (QED) is 0.296. The maximum Gasteiger partial charge on any atom is 0.416 e. The van der Waals surface area contributed by atoms with Gasteiger partial charge in [-0.1, -0.05) is 62.4 Å². The predicted molar refractivity (Wildman–Crippen MR) is 132 cm³/mol. The van der Waals surface area contributed by atoms with Gasteiger partial charge in [0.25, 0.3) is 0 Å². The summed E-state index contributed by atoms with van der Waals surface area (Å²) < 4.78 is 74.4. The minimum atomic E-state index is -4.68. The van der Waals surface area contributed by atoms with E-state index in [4.69, 9.17) is 8.92 Å². The Morgan fingerprint density at radius 2 is 1.59 bits per heavy atom. The van der Waals surface area contributed by atoms with Crippen molar-refractivity contribution in [3.63, 3.8) is 0 Å². The molecule has 37 heavy (non-hydrogen) atoms. The molecule has 0 heterocycles. The number of alkyl halides is 3. The van der Waals surface area contributed by atoms with Crippen LogP contribution in [0.2, 0.25) is 0 Å². The molecule has 0 saturated heterocycles. The van der Waals surface area contributed by atoms with E-state index in [2.05, 4.69) is 0 Å². The van der Waals surface area contributed by atoms with Crippen LogP contribution >= 0.6 is 0 Å². The molecule has 0 atom stereocenters. The molecule has 3 rings (SSSR count). The zero-order valence-electron chi connectivity index (χ0n) is 20.4. The molecule has 0 aliphatic heterocycles. The van der Waals surface area contributed by atoms with Gasteiger partial charge in [0.1, 0.15) is 17.3 Å². The van der Waals surface area contributed by atoms with Gasteiger partial charge in [-0.25, -0.2) is 0 Å². The molecule has 1 amide bonds. The van der Waals surface area contributed by atoms with E-state index in [-0.39, 0.29) is 30.7 Å². The number of carbonyl (C=O) groups is 1. The first-order valence-electron chi connectivity index (χ1n) is 11.5. The lowest BCUT2D eigenvalue weighted by molar-refractivity contribution is -0.138. The van der Waals surface area contributed by atoms with Crippen molar-refractivity contribution in [3.05, 3.63) is 95.6 Å². The Morgan fingerprint density at radius 1 is 0.919 bits per heavy atom. The van der Waals surface area contributed by atoms with E-state index in [1.54, 1.807) is 17.0 Å². The molecule has 3 aromatic carbocycles. The molecule has 198 valence electrons. The fraction of sp³-hybridized carbons (Fsp3) is 0.296. The van der Waals surface area contributed by atoms with Crippen molar-refractivity contribution in [2.24, 2.45) is 5.92 Å². The third-order valence-corrected chi connectivity index (χ3v) is 6.47. The monoisotopic (exact) mass is 535 g/mol. The van der Waals surface area contributed by atoms with Crippen LogP contribution in [0.4, 0.5) is 13.2 Å². The van der Waals surface area contributed by atoms with Crippen LogP contribution < -0.4 is 4.18 Å². The van der Waals surface area contributed by atoms with Gasteiger partial charge in [-0.15, -0.1) is 0 Å². The highest BCUT2D eigenvalue weighted by Gasteiger charge is 2.32. The Bertz CT molecular complexity index is 1280. The van der Waals surface area contributed by atoms with E-state index >= 15 is 0 Å². The van der Waals surface area contributed by atoms with E-state index in [1.807, 2.05) is 44.2 Å². The topological polar surface area (TPSA) is 72.9 Å². The Labute approximate surface area is 214 Å².